The van der Waals surface area contributed by atoms with E-state index in [2.05, 4.69) is 4.90 Å². The monoisotopic (exact) mass is 311 g/mol. The molecule has 3 nitrogen and oxygen atoms in total. The van der Waals surface area contributed by atoms with Crippen molar-refractivity contribution in [1.29, 1.82) is 0 Å². The molecule has 0 radical (unpaired) electrons. The zero-order chi connectivity index (χ0) is 14.1. The van der Waals surface area contributed by atoms with Crippen molar-refractivity contribution in [2.45, 2.75) is 24.1 Å². The summed E-state index contributed by atoms with van der Waals surface area (Å²) in [5, 5.41) is 10.9. The van der Waals surface area contributed by atoms with E-state index in [9.17, 15) is 9.90 Å². The Morgan fingerprint density at radius 1 is 1.40 bits per heavy atom. The molecular formula is C15H18ClNO2S. The van der Waals surface area contributed by atoms with Crippen molar-refractivity contribution in [3.63, 3.8) is 0 Å². The van der Waals surface area contributed by atoms with Gasteiger partial charge in [0.05, 0.1) is 0 Å². The van der Waals surface area contributed by atoms with Crippen LogP contribution in [0.15, 0.2) is 24.3 Å². The Balaban J connectivity index is 1.84. The summed E-state index contributed by atoms with van der Waals surface area (Å²) in [7, 11) is 0. The van der Waals surface area contributed by atoms with Gasteiger partial charge in [-0.05, 0) is 36.1 Å². The first kappa shape index (κ1) is 14.2. The number of fused-ring (bicyclic) bond motifs is 1. The lowest BCUT2D eigenvalue weighted by Crippen LogP contribution is -2.44. The molecule has 1 N–H and O–H groups in total. The molecule has 2 heterocycles. The highest BCUT2D eigenvalue weighted by Gasteiger charge is 2.38. The third-order valence-corrected chi connectivity index (χ3v) is 6.18. The lowest BCUT2D eigenvalue weighted by atomic mass is 9.92. The largest absolute Gasteiger partial charge is 0.480 e. The average molecular weight is 312 g/mol. The number of hydrogen-bond acceptors (Lipinski definition) is 3. The van der Waals surface area contributed by atoms with Crippen molar-refractivity contribution >= 4 is 29.3 Å². The molecule has 2 unspecified atom stereocenters. The van der Waals surface area contributed by atoms with Crippen molar-refractivity contribution in [2.75, 3.05) is 18.8 Å². The van der Waals surface area contributed by atoms with Gasteiger partial charge in [-0.1, -0.05) is 29.8 Å². The summed E-state index contributed by atoms with van der Waals surface area (Å²) in [5.74, 6) is 1.05. The van der Waals surface area contributed by atoms with Crippen LogP contribution >= 0.6 is 23.4 Å². The second kappa shape index (κ2) is 5.96. The number of halogens is 1. The van der Waals surface area contributed by atoms with E-state index in [0.717, 1.165) is 24.8 Å². The number of piperidine rings is 1. The number of thioether (sulfide) groups is 1. The number of carboxylic acids is 1. The number of rotatable bonds is 3. The normalized spacial score (nSPS) is 28.1. The number of hydrogen-bond donors (Lipinski definition) is 1. The first-order valence-corrected chi connectivity index (χ1v) is 8.42. The van der Waals surface area contributed by atoms with Gasteiger partial charge in [0.1, 0.15) is 6.04 Å². The fourth-order valence-corrected chi connectivity index (χ4v) is 5.07. The Kier molecular flexibility index (Phi) is 4.24. The predicted molar refractivity (Wildman–Crippen MR) is 82.4 cm³/mol. The molecule has 1 aromatic carbocycles. The first-order chi connectivity index (χ1) is 9.66. The zero-order valence-electron chi connectivity index (χ0n) is 11.2. The van der Waals surface area contributed by atoms with E-state index in [1.165, 1.54) is 12.2 Å². The fraction of sp³-hybridized carbons (Fsp3) is 0.533. The van der Waals surface area contributed by atoms with Gasteiger partial charge in [0, 0.05) is 23.4 Å². The van der Waals surface area contributed by atoms with Crippen molar-refractivity contribution in [2.24, 2.45) is 5.92 Å². The summed E-state index contributed by atoms with van der Waals surface area (Å²) >= 11 is 8.25. The van der Waals surface area contributed by atoms with E-state index in [0.29, 0.717) is 16.5 Å². The van der Waals surface area contributed by atoms with Gasteiger partial charge in [0.2, 0.25) is 0 Å². The van der Waals surface area contributed by atoms with Gasteiger partial charge in [0.25, 0.3) is 0 Å². The second-order valence-electron chi connectivity index (χ2n) is 5.50. The van der Waals surface area contributed by atoms with E-state index in [4.69, 9.17) is 11.6 Å². The van der Waals surface area contributed by atoms with Crippen LogP contribution in [0.4, 0.5) is 0 Å². The summed E-state index contributed by atoms with van der Waals surface area (Å²) in [4.78, 5) is 13.8. The number of aliphatic carboxylic acids is 1. The molecule has 2 aliphatic heterocycles. The van der Waals surface area contributed by atoms with Gasteiger partial charge < -0.3 is 5.11 Å². The van der Waals surface area contributed by atoms with Crippen LogP contribution in [0, 0.1) is 5.92 Å². The van der Waals surface area contributed by atoms with Crippen LogP contribution in [-0.2, 0) is 4.79 Å². The number of benzene rings is 1. The molecule has 20 heavy (non-hydrogen) atoms. The molecule has 0 bridgehead atoms. The smallest absolute Gasteiger partial charge is 0.325 e. The Labute approximate surface area is 128 Å². The maximum Gasteiger partial charge on any atom is 0.325 e. The Hall–Kier alpha value is -0.710. The number of carboxylic acid groups (broad SMARTS) is 1. The summed E-state index contributed by atoms with van der Waals surface area (Å²) in [6.07, 6.45) is 2.30. The molecule has 2 aliphatic rings. The number of nitrogens with zero attached hydrogens (tertiary/aromatic N) is 1. The topological polar surface area (TPSA) is 40.5 Å². The highest BCUT2D eigenvalue weighted by molar-refractivity contribution is 8.00. The molecule has 1 aromatic rings. The zero-order valence-corrected chi connectivity index (χ0v) is 12.7. The SMILES string of the molecule is O=C(O)[C@H](c1ccccc1Cl)N1CCC2SCCC2C1. The molecule has 5 heteroatoms. The van der Waals surface area contributed by atoms with Gasteiger partial charge in [-0.15, -0.1) is 0 Å². The van der Waals surface area contributed by atoms with E-state index < -0.39 is 12.0 Å². The van der Waals surface area contributed by atoms with Gasteiger partial charge in [-0.2, -0.15) is 11.8 Å². The lowest BCUT2D eigenvalue weighted by Gasteiger charge is -2.38. The van der Waals surface area contributed by atoms with Gasteiger partial charge in [-0.3, -0.25) is 9.69 Å². The maximum absolute atomic E-state index is 11.7. The number of carbonyl (C=O) groups is 1. The molecule has 0 aromatic heterocycles. The quantitative estimate of drug-likeness (QED) is 0.930. The molecule has 3 rings (SSSR count). The van der Waals surface area contributed by atoms with E-state index >= 15 is 0 Å². The lowest BCUT2D eigenvalue weighted by molar-refractivity contribution is -0.144. The predicted octanol–water partition coefficient (Wildman–Crippen LogP) is 3.29. The Morgan fingerprint density at radius 2 is 2.20 bits per heavy atom. The van der Waals surface area contributed by atoms with Crippen molar-refractivity contribution in [3.05, 3.63) is 34.9 Å². The standard InChI is InChI=1S/C15H18ClNO2S/c16-12-4-2-1-3-11(12)14(15(18)19)17-7-5-13-10(9-17)6-8-20-13/h1-4,10,13-14H,5-9H2,(H,18,19)/t10?,13?,14-/m0/s1. The molecule has 3 atom stereocenters. The molecule has 2 fully saturated rings. The summed E-state index contributed by atoms with van der Waals surface area (Å²) in [6.45, 7) is 1.72. The van der Waals surface area contributed by atoms with E-state index in [-0.39, 0.29) is 0 Å². The van der Waals surface area contributed by atoms with Crippen LogP contribution in [0.1, 0.15) is 24.4 Å². The van der Waals surface area contributed by atoms with E-state index in [1.54, 1.807) is 6.07 Å². The minimum atomic E-state index is -0.804. The third-order valence-electron chi connectivity index (χ3n) is 4.32. The van der Waals surface area contributed by atoms with Crippen molar-refractivity contribution in [3.8, 4) is 0 Å². The molecule has 0 aliphatic carbocycles. The molecule has 0 amide bonds. The van der Waals surface area contributed by atoms with Gasteiger partial charge in [0.15, 0.2) is 0 Å². The van der Waals surface area contributed by atoms with Crippen molar-refractivity contribution < 1.29 is 9.90 Å². The van der Waals surface area contributed by atoms with Crippen LogP contribution in [-0.4, -0.2) is 40.1 Å². The summed E-state index contributed by atoms with van der Waals surface area (Å²) in [6, 6.07) is 6.68. The van der Waals surface area contributed by atoms with E-state index in [1.807, 2.05) is 30.0 Å². The maximum atomic E-state index is 11.7. The second-order valence-corrected chi connectivity index (χ2v) is 7.26. The average Bonchev–Trinajstić information content (AvgIpc) is 2.88. The molecule has 0 saturated carbocycles. The highest BCUT2D eigenvalue weighted by atomic mass is 35.5. The Morgan fingerprint density at radius 3 is 2.95 bits per heavy atom. The summed E-state index contributed by atoms with van der Waals surface area (Å²) in [5.41, 5.74) is 0.714. The third kappa shape index (κ3) is 2.69. The summed E-state index contributed by atoms with van der Waals surface area (Å²) < 4.78 is 0. The first-order valence-electron chi connectivity index (χ1n) is 6.99. The Bertz CT molecular complexity index is 510. The van der Waals surface area contributed by atoms with Crippen LogP contribution < -0.4 is 0 Å². The van der Waals surface area contributed by atoms with Crippen LogP contribution in [0.2, 0.25) is 5.02 Å². The molecular weight excluding hydrogens is 294 g/mol. The minimum Gasteiger partial charge on any atom is -0.480 e. The molecule has 108 valence electrons. The van der Waals surface area contributed by atoms with Crippen molar-refractivity contribution in [1.82, 2.24) is 4.90 Å². The van der Waals surface area contributed by atoms with Gasteiger partial charge >= 0.3 is 5.97 Å². The van der Waals surface area contributed by atoms with Crippen LogP contribution in [0.5, 0.6) is 0 Å². The van der Waals surface area contributed by atoms with Gasteiger partial charge in [-0.25, -0.2) is 0 Å². The fourth-order valence-electron chi connectivity index (χ4n) is 3.32. The minimum absolute atomic E-state index is 0.544. The van der Waals surface area contributed by atoms with Crippen LogP contribution in [0.25, 0.3) is 0 Å². The molecule has 0 spiro atoms. The van der Waals surface area contributed by atoms with Crippen LogP contribution in [0.3, 0.4) is 0 Å². The highest BCUT2D eigenvalue weighted by Crippen LogP contribution is 2.40. The number of likely N-dealkylation sites (tertiary alicyclic amines) is 1. The molecule has 2 saturated heterocycles.